The van der Waals surface area contributed by atoms with E-state index < -0.39 is 0 Å². The van der Waals surface area contributed by atoms with Gasteiger partial charge in [-0.1, -0.05) is 6.92 Å². The molecule has 1 aliphatic carbocycles. The van der Waals surface area contributed by atoms with Gasteiger partial charge in [0.2, 0.25) is 0 Å². The number of hydrogen-bond donors (Lipinski definition) is 1. The van der Waals surface area contributed by atoms with Crippen LogP contribution in [0.25, 0.3) is 0 Å². The molecule has 3 nitrogen and oxygen atoms in total. The fraction of sp³-hybridized carbons (Fsp3) is 0.824. The number of nitrogens with zero attached hydrogens (tertiary/aromatic N) is 2. The summed E-state index contributed by atoms with van der Waals surface area (Å²) in [5, 5.41) is 9.55. The molecule has 0 radical (unpaired) electrons. The van der Waals surface area contributed by atoms with Gasteiger partial charge in [-0.05, 0) is 43.4 Å². The molecule has 1 aliphatic rings. The van der Waals surface area contributed by atoms with Crippen LogP contribution in [0.4, 0.5) is 0 Å². The lowest BCUT2D eigenvalue weighted by Gasteiger charge is -2.38. The molecule has 0 spiro atoms. The molecule has 0 saturated heterocycles. The fourth-order valence-corrected chi connectivity index (χ4v) is 3.28. The second-order valence-corrected chi connectivity index (χ2v) is 6.22. The van der Waals surface area contributed by atoms with Gasteiger partial charge < -0.3 is 5.11 Å². The minimum atomic E-state index is 0.334. The molecule has 0 aromatic rings. The number of aliphatic hydroxyl groups excluding tert-OH is 1. The highest BCUT2D eigenvalue weighted by Gasteiger charge is 2.35. The van der Waals surface area contributed by atoms with Crippen LogP contribution in [0.5, 0.6) is 0 Å². The average molecular weight is 280 g/mol. The van der Waals surface area contributed by atoms with Crippen LogP contribution in [0.2, 0.25) is 0 Å². The third kappa shape index (κ3) is 5.22. The Hall–Kier alpha value is -0.920. The van der Waals surface area contributed by atoms with Crippen molar-refractivity contribution < 1.29 is 9.68 Å². The Morgan fingerprint density at radius 2 is 1.90 bits per heavy atom. The van der Waals surface area contributed by atoms with E-state index in [0.29, 0.717) is 30.3 Å². The number of hydrogen-bond acceptors (Lipinski definition) is 1. The highest BCUT2D eigenvalue weighted by molar-refractivity contribution is 5.64. The molecule has 0 bridgehead atoms. The molecule has 1 saturated carbocycles. The normalized spacial score (nSPS) is 30.8. The highest BCUT2D eigenvalue weighted by atomic mass is 16.3. The first kappa shape index (κ1) is 17.1. The van der Waals surface area contributed by atoms with E-state index in [1.807, 2.05) is 19.4 Å². The van der Waals surface area contributed by atoms with E-state index >= 15 is 0 Å². The van der Waals surface area contributed by atoms with Crippen LogP contribution in [-0.2, 0) is 0 Å². The summed E-state index contributed by atoms with van der Waals surface area (Å²) in [6.07, 6.45) is 10.7. The molecule has 0 amide bonds. The van der Waals surface area contributed by atoms with Crippen LogP contribution in [-0.4, -0.2) is 48.5 Å². The predicted octanol–water partition coefficient (Wildman–Crippen LogP) is 2.00. The summed E-state index contributed by atoms with van der Waals surface area (Å²) in [6, 6.07) is 0. The van der Waals surface area contributed by atoms with Crippen LogP contribution in [0.15, 0.2) is 0 Å². The number of rotatable bonds is 6. The zero-order valence-corrected chi connectivity index (χ0v) is 13.6. The lowest BCUT2D eigenvalue weighted by molar-refractivity contribution is -0.489. The van der Waals surface area contributed by atoms with Crippen molar-refractivity contribution in [1.82, 2.24) is 4.67 Å². The standard InChI is InChI=1S/C17H32N2O/c1-5-18-9-7-16-11-15(13-20)12-17(14(16)3)8-10-19(4)6-2/h5,9-10,14-17,20H,6-8,11-13H2,1-4H3/q+2. The maximum atomic E-state index is 9.55. The van der Waals surface area contributed by atoms with Crippen molar-refractivity contribution in [3.63, 3.8) is 0 Å². The Bertz CT molecular complexity index is 369. The van der Waals surface area contributed by atoms with Crippen LogP contribution >= 0.6 is 0 Å². The van der Waals surface area contributed by atoms with E-state index in [4.69, 9.17) is 0 Å². The maximum Gasteiger partial charge on any atom is 0.269 e. The van der Waals surface area contributed by atoms with Crippen molar-refractivity contribution in [1.29, 1.82) is 0 Å². The average Bonchev–Trinajstić information content (AvgIpc) is 2.47. The van der Waals surface area contributed by atoms with Gasteiger partial charge in [0.05, 0.1) is 0 Å². The van der Waals surface area contributed by atoms with E-state index in [1.54, 1.807) is 0 Å². The van der Waals surface area contributed by atoms with Gasteiger partial charge in [-0.3, -0.25) is 0 Å². The second-order valence-electron chi connectivity index (χ2n) is 6.22. The van der Waals surface area contributed by atoms with Crippen LogP contribution in [0, 0.1) is 23.7 Å². The Morgan fingerprint density at radius 3 is 2.45 bits per heavy atom. The van der Waals surface area contributed by atoms with Crippen molar-refractivity contribution in [3.05, 3.63) is 0 Å². The lowest BCUT2D eigenvalue weighted by atomic mass is 9.67. The van der Waals surface area contributed by atoms with Gasteiger partial charge in [-0.2, -0.15) is 0 Å². The minimum absolute atomic E-state index is 0.334. The van der Waals surface area contributed by atoms with Crippen molar-refractivity contribution in [2.24, 2.45) is 23.7 Å². The first-order valence-corrected chi connectivity index (χ1v) is 8.06. The molecule has 4 unspecified atom stereocenters. The number of aliphatic hydroxyl groups is 1. The molecule has 0 aromatic carbocycles. The largest absolute Gasteiger partial charge is 0.396 e. The van der Waals surface area contributed by atoms with E-state index in [1.165, 1.54) is 6.42 Å². The summed E-state index contributed by atoms with van der Waals surface area (Å²) in [5.74, 6) is 2.54. The smallest absolute Gasteiger partial charge is 0.269 e. The Kier molecular flexibility index (Phi) is 7.79. The van der Waals surface area contributed by atoms with Gasteiger partial charge in [0.15, 0.2) is 0 Å². The van der Waals surface area contributed by atoms with Gasteiger partial charge in [-0.15, -0.1) is 4.67 Å². The topological polar surface area (TPSA) is 37.3 Å². The van der Waals surface area contributed by atoms with Gasteiger partial charge in [0.1, 0.15) is 19.8 Å². The fourth-order valence-electron chi connectivity index (χ4n) is 3.28. The quantitative estimate of drug-likeness (QED) is 0.451. The van der Waals surface area contributed by atoms with Gasteiger partial charge in [0, 0.05) is 26.4 Å². The van der Waals surface area contributed by atoms with E-state index in [2.05, 4.69) is 36.4 Å². The van der Waals surface area contributed by atoms with Crippen LogP contribution < -0.4 is 4.67 Å². The van der Waals surface area contributed by atoms with Crippen molar-refractivity contribution in [2.45, 2.75) is 46.5 Å². The van der Waals surface area contributed by atoms with Crippen molar-refractivity contribution in [2.75, 3.05) is 20.2 Å². The van der Waals surface area contributed by atoms with Gasteiger partial charge in [-0.25, -0.2) is 4.58 Å². The molecule has 20 heavy (non-hydrogen) atoms. The monoisotopic (exact) mass is 280 g/mol. The predicted molar refractivity (Wildman–Crippen MR) is 87.9 cm³/mol. The summed E-state index contributed by atoms with van der Waals surface area (Å²) < 4.78 is 6.50. The molecule has 3 heteroatoms. The molecule has 1 rings (SSSR count). The first-order chi connectivity index (χ1) is 9.62. The summed E-state index contributed by atoms with van der Waals surface area (Å²) in [5.41, 5.74) is 0. The molecular formula is C17H32N2O+2. The minimum Gasteiger partial charge on any atom is -0.396 e. The van der Waals surface area contributed by atoms with Crippen molar-refractivity contribution in [3.8, 4) is 0 Å². The summed E-state index contributed by atoms with van der Waals surface area (Å²) in [7, 11) is 2.14. The summed E-state index contributed by atoms with van der Waals surface area (Å²) >= 11 is 0. The molecule has 1 fully saturated rings. The highest BCUT2D eigenvalue weighted by Crippen LogP contribution is 2.40. The molecule has 114 valence electrons. The summed E-state index contributed by atoms with van der Waals surface area (Å²) in [6.45, 7) is 7.91. The third-order valence-corrected chi connectivity index (χ3v) is 4.90. The van der Waals surface area contributed by atoms with Crippen LogP contribution in [0.1, 0.15) is 46.5 Å². The second kappa shape index (κ2) is 9.10. The molecule has 0 aliphatic heterocycles. The first-order valence-electron chi connectivity index (χ1n) is 8.06. The summed E-state index contributed by atoms with van der Waals surface area (Å²) in [4.78, 5) is 0. The molecule has 0 aromatic heterocycles. The van der Waals surface area contributed by atoms with Crippen LogP contribution in [0.3, 0.4) is 0 Å². The Labute approximate surface area is 124 Å². The third-order valence-electron chi connectivity index (χ3n) is 4.90. The van der Waals surface area contributed by atoms with E-state index in [-0.39, 0.29) is 0 Å². The zero-order valence-electron chi connectivity index (χ0n) is 13.6. The van der Waals surface area contributed by atoms with E-state index in [0.717, 1.165) is 25.8 Å². The molecule has 4 atom stereocenters. The Balaban J connectivity index is 2.70. The van der Waals surface area contributed by atoms with E-state index in [9.17, 15) is 5.11 Å². The molecule has 1 N–H and O–H groups in total. The van der Waals surface area contributed by atoms with Crippen molar-refractivity contribution >= 4 is 18.6 Å². The SMILES string of the molecule is CC=[N+]=CCC1CC(CO)CC(CC=[N+](C)CC)C1C. The lowest BCUT2D eigenvalue weighted by Crippen LogP contribution is -2.33. The Morgan fingerprint density at radius 1 is 1.25 bits per heavy atom. The molecular weight excluding hydrogens is 248 g/mol. The van der Waals surface area contributed by atoms with Gasteiger partial charge in [0.25, 0.3) is 12.4 Å². The van der Waals surface area contributed by atoms with Gasteiger partial charge >= 0.3 is 0 Å². The maximum absolute atomic E-state index is 9.55. The molecule has 0 heterocycles. The zero-order chi connectivity index (χ0) is 15.0.